The first kappa shape index (κ1) is 20.3. The largest absolute Gasteiger partial charge is 0.485 e. The minimum Gasteiger partial charge on any atom is -0.485 e. The number of pyridine rings is 1. The summed E-state index contributed by atoms with van der Waals surface area (Å²) in [5.41, 5.74) is 3.19. The van der Waals surface area contributed by atoms with Crippen molar-refractivity contribution in [3.63, 3.8) is 0 Å². The fourth-order valence-corrected chi connectivity index (χ4v) is 5.57. The van der Waals surface area contributed by atoms with E-state index in [1.54, 1.807) is 6.20 Å². The second kappa shape index (κ2) is 7.93. The van der Waals surface area contributed by atoms with Gasteiger partial charge in [0.25, 0.3) is 0 Å². The van der Waals surface area contributed by atoms with Gasteiger partial charge < -0.3 is 19.5 Å². The van der Waals surface area contributed by atoms with Gasteiger partial charge in [0, 0.05) is 36.1 Å². The molecule has 0 amide bonds. The third-order valence-corrected chi connectivity index (χ3v) is 7.70. The predicted octanol–water partition coefficient (Wildman–Crippen LogP) is 2.09. The van der Waals surface area contributed by atoms with Crippen molar-refractivity contribution in [2.45, 2.75) is 62.8 Å². The zero-order chi connectivity index (χ0) is 21.7. The molecule has 170 valence electrons. The summed E-state index contributed by atoms with van der Waals surface area (Å²) in [6.45, 7) is 1.75. The van der Waals surface area contributed by atoms with E-state index in [1.165, 1.54) is 31.2 Å². The van der Waals surface area contributed by atoms with Gasteiger partial charge in [-0.25, -0.2) is 9.97 Å². The first-order valence-electron chi connectivity index (χ1n) is 11.9. The van der Waals surface area contributed by atoms with Crippen LogP contribution < -0.4 is 15.0 Å². The molecule has 0 spiro atoms. The van der Waals surface area contributed by atoms with Crippen LogP contribution in [-0.4, -0.2) is 64.7 Å². The maximum Gasteiger partial charge on any atom is 0.180 e. The molecular weight excluding hydrogens is 406 g/mol. The van der Waals surface area contributed by atoms with E-state index in [4.69, 9.17) is 19.4 Å². The standard InChI is InChI=1S/C24H31N5O3/c1-29(12-21(30)28-24-8-5-15(24)6-9-24)23-18-3-2-4-19(18)26-22(27-23)20-11-16(7-10-25-20)32-17-13-31-14-17/h7,10-11,15,17,21,28,30H,2-6,8-9,12-14H2,1H3. The van der Waals surface area contributed by atoms with Gasteiger partial charge in [0.2, 0.25) is 0 Å². The van der Waals surface area contributed by atoms with Crippen LogP contribution in [-0.2, 0) is 17.6 Å². The quantitative estimate of drug-likeness (QED) is 0.607. The van der Waals surface area contributed by atoms with Crippen molar-refractivity contribution in [2.24, 2.45) is 5.92 Å². The Kier molecular flexibility index (Phi) is 5.04. The number of hydrogen-bond acceptors (Lipinski definition) is 8. The molecule has 32 heavy (non-hydrogen) atoms. The molecule has 3 aliphatic carbocycles. The van der Waals surface area contributed by atoms with Crippen LogP contribution in [0.4, 0.5) is 5.82 Å². The fraction of sp³-hybridized carbons (Fsp3) is 0.625. The summed E-state index contributed by atoms with van der Waals surface area (Å²) < 4.78 is 11.1. The molecule has 1 aliphatic heterocycles. The molecule has 3 fully saturated rings. The number of anilines is 1. The number of rotatable bonds is 8. The highest BCUT2D eigenvalue weighted by atomic mass is 16.6. The number of aliphatic hydroxyl groups excluding tert-OH is 1. The highest BCUT2D eigenvalue weighted by Crippen LogP contribution is 2.53. The van der Waals surface area contributed by atoms with Crippen molar-refractivity contribution in [1.82, 2.24) is 20.3 Å². The van der Waals surface area contributed by atoms with Gasteiger partial charge in [0.05, 0.1) is 19.8 Å². The van der Waals surface area contributed by atoms with Crippen LogP contribution in [0, 0.1) is 5.92 Å². The number of fused-ring (bicyclic) bond motifs is 2. The maximum absolute atomic E-state index is 10.8. The zero-order valence-corrected chi connectivity index (χ0v) is 18.6. The molecule has 2 aromatic rings. The Morgan fingerprint density at radius 2 is 2.12 bits per heavy atom. The molecule has 4 aliphatic rings. The van der Waals surface area contributed by atoms with Crippen LogP contribution in [0.3, 0.4) is 0 Å². The molecule has 2 N–H and O–H groups in total. The Balaban J connectivity index is 1.23. The smallest absolute Gasteiger partial charge is 0.180 e. The van der Waals surface area contributed by atoms with Crippen molar-refractivity contribution >= 4 is 5.82 Å². The Bertz CT molecular complexity index is 1000. The van der Waals surface area contributed by atoms with E-state index in [1.807, 2.05) is 19.2 Å². The van der Waals surface area contributed by atoms with Gasteiger partial charge in [0.1, 0.15) is 29.6 Å². The van der Waals surface area contributed by atoms with E-state index in [-0.39, 0.29) is 11.6 Å². The molecule has 6 rings (SSSR count). The lowest BCUT2D eigenvalue weighted by atomic mass is 9.53. The Morgan fingerprint density at radius 3 is 2.81 bits per heavy atom. The van der Waals surface area contributed by atoms with Crippen LogP contribution in [0.1, 0.15) is 43.4 Å². The summed E-state index contributed by atoms with van der Waals surface area (Å²) in [6, 6.07) is 3.76. The van der Waals surface area contributed by atoms with Crippen molar-refractivity contribution in [1.29, 1.82) is 0 Å². The van der Waals surface area contributed by atoms with Crippen molar-refractivity contribution in [2.75, 3.05) is 31.7 Å². The molecule has 3 heterocycles. The normalized spacial score (nSPS) is 26.9. The third kappa shape index (κ3) is 3.54. The number of ether oxygens (including phenoxy) is 2. The summed E-state index contributed by atoms with van der Waals surface area (Å²) in [7, 11) is 2.01. The van der Waals surface area contributed by atoms with Crippen LogP contribution in [0.15, 0.2) is 18.3 Å². The first-order valence-corrected chi connectivity index (χ1v) is 11.9. The molecule has 0 radical (unpaired) electrons. The van der Waals surface area contributed by atoms with Crippen molar-refractivity contribution in [3.05, 3.63) is 29.6 Å². The Hall–Kier alpha value is -2.29. The maximum atomic E-state index is 10.8. The minimum atomic E-state index is -0.571. The number of nitrogens with zero attached hydrogens (tertiary/aromatic N) is 4. The lowest BCUT2D eigenvalue weighted by Crippen LogP contribution is -2.68. The molecule has 2 saturated carbocycles. The molecule has 8 nitrogen and oxygen atoms in total. The van der Waals surface area contributed by atoms with E-state index >= 15 is 0 Å². The van der Waals surface area contributed by atoms with E-state index in [0.29, 0.717) is 31.3 Å². The van der Waals surface area contributed by atoms with E-state index in [9.17, 15) is 5.11 Å². The van der Waals surface area contributed by atoms with Crippen molar-refractivity contribution in [3.8, 4) is 17.3 Å². The van der Waals surface area contributed by atoms with Gasteiger partial charge in [0.15, 0.2) is 5.82 Å². The Morgan fingerprint density at radius 1 is 1.28 bits per heavy atom. The topological polar surface area (TPSA) is 92.6 Å². The molecule has 8 heteroatoms. The minimum absolute atomic E-state index is 0.104. The molecule has 2 aromatic heterocycles. The van der Waals surface area contributed by atoms with E-state index in [2.05, 4.69) is 15.2 Å². The summed E-state index contributed by atoms with van der Waals surface area (Å²) in [5.74, 6) is 3.03. The second-order valence-corrected chi connectivity index (χ2v) is 9.77. The summed E-state index contributed by atoms with van der Waals surface area (Å²) in [6.07, 6.45) is 9.23. The molecule has 0 aromatic carbocycles. The average Bonchev–Trinajstić information content (AvgIpc) is 3.23. The lowest BCUT2D eigenvalue weighted by molar-refractivity contribution is -0.0796. The highest BCUT2D eigenvalue weighted by molar-refractivity contribution is 5.59. The van der Waals surface area contributed by atoms with E-state index < -0.39 is 6.23 Å². The Labute approximate surface area is 188 Å². The molecule has 1 atom stereocenters. The van der Waals surface area contributed by atoms with Gasteiger partial charge in [-0.1, -0.05) is 0 Å². The zero-order valence-electron chi connectivity index (χ0n) is 18.6. The fourth-order valence-electron chi connectivity index (χ4n) is 5.57. The summed E-state index contributed by atoms with van der Waals surface area (Å²) in [5, 5.41) is 14.3. The number of hydrogen-bond donors (Lipinski definition) is 2. The molecule has 1 saturated heterocycles. The number of likely N-dealkylation sites (N-methyl/N-ethyl adjacent to an activating group) is 1. The second-order valence-electron chi connectivity index (χ2n) is 9.77. The van der Waals surface area contributed by atoms with Gasteiger partial charge in [-0.05, 0) is 56.9 Å². The number of nitrogens with one attached hydrogen (secondary N) is 1. The van der Waals surface area contributed by atoms with Gasteiger partial charge in [-0.2, -0.15) is 0 Å². The molecule has 1 unspecified atom stereocenters. The summed E-state index contributed by atoms with van der Waals surface area (Å²) in [4.78, 5) is 16.3. The number of aliphatic hydroxyl groups is 1. The van der Waals surface area contributed by atoms with Crippen molar-refractivity contribution < 1.29 is 14.6 Å². The number of aromatic nitrogens is 3. The third-order valence-electron chi connectivity index (χ3n) is 7.70. The van der Waals surface area contributed by atoms with E-state index in [0.717, 1.165) is 42.4 Å². The van der Waals surface area contributed by atoms with Crippen LogP contribution in [0.5, 0.6) is 5.75 Å². The van der Waals surface area contributed by atoms with Crippen LogP contribution in [0.25, 0.3) is 11.5 Å². The van der Waals surface area contributed by atoms with Crippen LogP contribution >= 0.6 is 0 Å². The first-order chi connectivity index (χ1) is 15.6. The SMILES string of the molecule is CN(CC(O)NC12CCC1CC2)c1nc(-c2cc(OC3COC3)ccn2)nc2c1CCC2. The van der Waals surface area contributed by atoms with Gasteiger partial charge in [-0.15, -0.1) is 0 Å². The summed E-state index contributed by atoms with van der Waals surface area (Å²) >= 11 is 0. The average molecular weight is 438 g/mol. The lowest BCUT2D eigenvalue weighted by Gasteiger charge is -2.60. The monoisotopic (exact) mass is 437 g/mol. The molecular formula is C24H31N5O3. The van der Waals surface area contributed by atoms with Gasteiger partial charge >= 0.3 is 0 Å². The number of aryl methyl sites for hydroxylation is 1. The van der Waals surface area contributed by atoms with Gasteiger partial charge in [-0.3, -0.25) is 10.3 Å². The highest BCUT2D eigenvalue weighted by Gasteiger charge is 2.53. The van der Waals surface area contributed by atoms with Crippen LogP contribution in [0.2, 0.25) is 0 Å². The predicted molar refractivity (Wildman–Crippen MR) is 120 cm³/mol. The molecule has 0 bridgehead atoms.